The molecule has 5 heteroatoms. The molecule has 0 atom stereocenters. The molecular weight excluding hydrogens is 244 g/mol. The van der Waals surface area contributed by atoms with Crippen LogP contribution >= 0.6 is 0 Å². The van der Waals surface area contributed by atoms with Crippen molar-refractivity contribution in [3.05, 3.63) is 29.8 Å². The van der Waals surface area contributed by atoms with Gasteiger partial charge in [-0.2, -0.15) is 0 Å². The second-order valence-electron chi connectivity index (χ2n) is 4.38. The third kappa shape index (κ3) is 5.52. The standard InChI is InChI=1S/C14H20N2O3/c1-4-19-14(18)11-5-7-12(8-6-11)16-13(17)9-15-10(2)3/h5-8,10,15H,4,9H2,1-3H3,(H,16,17). The van der Waals surface area contributed by atoms with E-state index in [1.54, 1.807) is 31.2 Å². The van der Waals surface area contributed by atoms with E-state index in [4.69, 9.17) is 4.74 Å². The third-order valence-electron chi connectivity index (χ3n) is 2.35. The minimum Gasteiger partial charge on any atom is -0.462 e. The highest BCUT2D eigenvalue weighted by Gasteiger charge is 2.07. The van der Waals surface area contributed by atoms with Crippen LogP contribution in [0.2, 0.25) is 0 Å². The number of nitrogens with one attached hydrogen (secondary N) is 2. The van der Waals surface area contributed by atoms with Gasteiger partial charge in [0.2, 0.25) is 5.91 Å². The van der Waals surface area contributed by atoms with Crippen LogP contribution in [0.3, 0.4) is 0 Å². The fraction of sp³-hybridized carbons (Fsp3) is 0.429. The lowest BCUT2D eigenvalue weighted by Crippen LogP contribution is -2.32. The topological polar surface area (TPSA) is 67.4 Å². The van der Waals surface area contributed by atoms with E-state index in [1.165, 1.54) is 0 Å². The SMILES string of the molecule is CCOC(=O)c1ccc(NC(=O)CNC(C)C)cc1. The Morgan fingerprint density at radius 1 is 1.21 bits per heavy atom. The van der Waals surface area contributed by atoms with Gasteiger partial charge in [-0.25, -0.2) is 4.79 Å². The molecule has 0 aromatic heterocycles. The van der Waals surface area contributed by atoms with Crippen LogP contribution in [0.4, 0.5) is 5.69 Å². The van der Waals surface area contributed by atoms with Crippen molar-refractivity contribution >= 4 is 17.6 Å². The number of ether oxygens (including phenoxy) is 1. The first-order valence-corrected chi connectivity index (χ1v) is 6.33. The molecule has 0 heterocycles. The largest absolute Gasteiger partial charge is 0.462 e. The van der Waals surface area contributed by atoms with Gasteiger partial charge in [-0.1, -0.05) is 13.8 Å². The molecule has 19 heavy (non-hydrogen) atoms. The van der Waals surface area contributed by atoms with E-state index in [9.17, 15) is 9.59 Å². The van der Waals surface area contributed by atoms with Gasteiger partial charge in [-0.3, -0.25) is 4.79 Å². The first kappa shape index (κ1) is 15.2. The number of benzene rings is 1. The van der Waals surface area contributed by atoms with Crippen LogP contribution in [0.15, 0.2) is 24.3 Å². The molecule has 0 aliphatic carbocycles. The van der Waals surface area contributed by atoms with Crippen molar-refractivity contribution in [3.63, 3.8) is 0 Å². The number of carbonyl (C=O) groups excluding carboxylic acids is 2. The van der Waals surface area contributed by atoms with Crippen LogP contribution in [0, 0.1) is 0 Å². The number of amides is 1. The minimum atomic E-state index is -0.359. The molecular formula is C14H20N2O3. The van der Waals surface area contributed by atoms with Crippen LogP contribution in [0.5, 0.6) is 0 Å². The normalized spacial score (nSPS) is 10.3. The summed E-state index contributed by atoms with van der Waals surface area (Å²) >= 11 is 0. The van der Waals surface area contributed by atoms with Crippen LogP contribution < -0.4 is 10.6 Å². The molecule has 0 bridgehead atoms. The molecule has 0 saturated heterocycles. The van der Waals surface area contributed by atoms with E-state index in [-0.39, 0.29) is 24.5 Å². The van der Waals surface area contributed by atoms with Crippen molar-refractivity contribution < 1.29 is 14.3 Å². The summed E-state index contributed by atoms with van der Waals surface area (Å²) in [5.74, 6) is -0.473. The summed E-state index contributed by atoms with van der Waals surface area (Å²) in [5.41, 5.74) is 1.13. The second kappa shape index (κ2) is 7.53. The summed E-state index contributed by atoms with van der Waals surface area (Å²) in [6.07, 6.45) is 0. The zero-order valence-electron chi connectivity index (χ0n) is 11.5. The molecule has 1 amide bonds. The van der Waals surface area contributed by atoms with Gasteiger partial charge in [0.05, 0.1) is 18.7 Å². The average Bonchev–Trinajstić information content (AvgIpc) is 2.37. The highest BCUT2D eigenvalue weighted by molar-refractivity contribution is 5.94. The smallest absolute Gasteiger partial charge is 0.338 e. The average molecular weight is 264 g/mol. The number of anilines is 1. The molecule has 5 nitrogen and oxygen atoms in total. The van der Waals surface area contributed by atoms with E-state index in [1.807, 2.05) is 13.8 Å². The Balaban J connectivity index is 2.52. The lowest BCUT2D eigenvalue weighted by Gasteiger charge is -2.09. The molecule has 0 radical (unpaired) electrons. The number of carbonyl (C=O) groups is 2. The van der Waals surface area contributed by atoms with Crippen molar-refractivity contribution in [2.45, 2.75) is 26.8 Å². The van der Waals surface area contributed by atoms with Gasteiger partial charge < -0.3 is 15.4 Å². The predicted molar refractivity (Wildman–Crippen MR) is 74.2 cm³/mol. The number of rotatable bonds is 6. The van der Waals surface area contributed by atoms with Crippen molar-refractivity contribution in [1.29, 1.82) is 0 Å². The maximum absolute atomic E-state index is 11.6. The molecule has 0 aliphatic rings. The lowest BCUT2D eigenvalue weighted by molar-refractivity contribution is -0.115. The van der Waals surface area contributed by atoms with Gasteiger partial charge in [-0.15, -0.1) is 0 Å². The summed E-state index contributed by atoms with van der Waals surface area (Å²) in [6.45, 7) is 6.31. The zero-order chi connectivity index (χ0) is 14.3. The van der Waals surface area contributed by atoms with Crippen LogP contribution in [-0.4, -0.2) is 31.1 Å². The van der Waals surface area contributed by atoms with Gasteiger partial charge >= 0.3 is 5.97 Å². The maximum atomic E-state index is 11.6. The van der Waals surface area contributed by atoms with Gasteiger partial charge in [0, 0.05) is 11.7 Å². The van der Waals surface area contributed by atoms with E-state index >= 15 is 0 Å². The molecule has 0 aliphatic heterocycles. The van der Waals surface area contributed by atoms with Crippen molar-refractivity contribution in [2.24, 2.45) is 0 Å². The molecule has 2 N–H and O–H groups in total. The summed E-state index contributed by atoms with van der Waals surface area (Å²) in [5, 5.41) is 5.77. The van der Waals surface area contributed by atoms with Gasteiger partial charge in [-0.05, 0) is 31.2 Å². The zero-order valence-corrected chi connectivity index (χ0v) is 11.5. The monoisotopic (exact) mass is 264 g/mol. The second-order valence-corrected chi connectivity index (χ2v) is 4.38. The fourth-order valence-electron chi connectivity index (χ4n) is 1.41. The fourth-order valence-corrected chi connectivity index (χ4v) is 1.41. The highest BCUT2D eigenvalue weighted by atomic mass is 16.5. The first-order chi connectivity index (χ1) is 9.02. The van der Waals surface area contributed by atoms with E-state index in [2.05, 4.69) is 10.6 Å². The molecule has 0 saturated carbocycles. The molecule has 1 aromatic rings. The van der Waals surface area contributed by atoms with Gasteiger partial charge in [0.1, 0.15) is 0 Å². The Morgan fingerprint density at radius 3 is 2.37 bits per heavy atom. The predicted octanol–water partition coefficient (Wildman–Crippen LogP) is 1.80. The summed E-state index contributed by atoms with van der Waals surface area (Å²) in [6, 6.07) is 6.88. The first-order valence-electron chi connectivity index (χ1n) is 6.33. The summed E-state index contributed by atoms with van der Waals surface area (Å²) in [7, 11) is 0. The Hall–Kier alpha value is -1.88. The van der Waals surface area contributed by atoms with E-state index in [0.717, 1.165) is 0 Å². The quantitative estimate of drug-likeness (QED) is 0.769. The molecule has 104 valence electrons. The van der Waals surface area contributed by atoms with Crippen molar-refractivity contribution in [3.8, 4) is 0 Å². The Labute approximate surface area is 113 Å². The summed E-state index contributed by atoms with van der Waals surface area (Å²) in [4.78, 5) is 23.0. The van der Waals surface area contributed by atoms with Crippen LogP contribution in [-0.2, 0) is 9.53 Å². The third-order valence-corrected chi connectivity index (χ3v) is 2.35. The number of esters is 1. The number of hydrogen-bond acceptors (Lipinski definition) is 4. The van der Waals surface area contributed by atoms with Gasteiger partial charge in [0.15, 0.2) is 0 Å². The van der Waals surface area contributed by atoms with E-state index in [0.29, 0.717) is 17.9 Å². The van der Waals surface area contributed by atoms with E-state index < -0.39 is 0 Å². The Morgan fingerprint density at radius 2 is 1.84 bits per heavy atom. The molecule has 1 aromatic carbocycles. The molecule has 0 fully saturated rings. The lowest BCUT2D eigenvalue weighted by atomic mass is 10.2. The van der Waals surface area contributed by atoms with Crippen molar-refractivity contribution in [1.82, 2.24) is 5.32 Å². The Bertz CT molecular complexity index is 427. The number of hydrogen-bond donors (Lipinski definition) is 2. The molecule has 0 unspecified atom stereocenters. The molecule has 0 spiro atoms. The van der Waals surface area contributed by atoms with Gasteiger partial charge in [0.25, 0.3) is 0 Å². The maximum Gasteiger partial charge on any atom is 0.338 e. The highest BCUT2D eigenvalue weighted by Crippen LogP contribution is 2.10. The molecule has 1 rings (SSSR count). The Kier molecular flexibility index (Phi) is 6.02. The minimum absolute atomic E-state index is 0.113. The van der Waals surface area contributed by atoms with Crippen LogP contribution in [0.25, 0.3) is 0 Å². The summed E-state index contributed by atoms with van der Waals surface area (Å²) < 4.78 is 4.88. The van der Waals surface area contributed by atoms with Crippen molar-refractivity contribution in [2.75, 3.05) is 18.5 Å². The van der Waals surface area contributed by atoms with Crippen LogP contribution in [0.1, 0.15) is 31.1 Å².